The lowest BCUT2D eigenvalue weighted by atomic mass is 9.80. The summed E-state index contributed by atoms with van der Waals surface area (Å²) < 4.78 is 5.50. The lowest BCUT2D eigenvalue weighted by molar-refractivity contribution is -0.118. The summed E-state index contributed by atoms with van der Waals surface area (Å²) in [7, 11) is 0. The molecular weight excluding hydrogens is 338 g/mol. The van der Waals surface area contributed by atoms with Crippen LogP contribution >= 0.6 is 0 Å². The molecular formula is C22H33N3O2. The molecule has 27 heavy (non-hydrogen) atoms. The van der Waals surface area contributed by atoms with E-state index in [9.17, 15) is 4.79 Å². The number of nitrogens with zero attached hydrogens (tertiary/aromatic N) is 3. The van der Waals surface area contributed by atoms with Crippen molar-refractivity contribution in [2.45, 2.75) is 51.1 Å². The van der Waals surface area contributed by atoms with E-state index in [1.165, 1.54) is 29.7 Å². The molecule has 4 rings (SSSR count). The van der Waals surface area contributed by atoms with Crippen molar-refractivity contribution in [1.82, 2.24) is 9.80 Å². The van der Waals surface area contributed by atoms with Crippen LogP contribution in [0.5, 0.6) is 0 Å². The lowest BCUT2D eigenvalue weighted by Crippen LogP contribution is -2.49. The van der Waals surface area contributed by atoms with Gasteiger partial charge in [0.15, 0.2) is 0 Å². The predicted molar refractivity (Wildman–Crippen MR) is 108 cm³/mol. The Kier molecular flexibility index (Phi) is 5.42. The largest absolute Gasteiger partial charge is 0.379 e. The van der Waals surface area contributed by atoms with Crippen molar-refractivity contribution in [3.8, 4) is 0 Å². The number of hydrogen-bond donors (Lipinski definition) is 0. The van der Waals surface area contributed by atoms with Gasteiger partial charge in [0.2, 0.25) is 6.41 Å². The van der Waals surface area contributed by atoms with E-state index in [-0.39, 0.29) is 5.41 Å². The minimum atomic E-state index is 0.120. The van der Waals surface area contributed by atoms with Gasteiger partial charge in [0.05, 0.1) is 13.2 Å². The van der Waals surface area contributed by atoms with Gasteiger partial charge in [-0.05, 0) is 47.9 Å². The van der Waals surface area contributed by atoms with Gasteiger partial charge in [0.1, 0.15) is 0 Å². The summed E-state index contributed by atoms with van der Waals surface area (Å²) in [5.74, 6) is 0. The van der Waals surface area contributed by atoms with Crippen LogP contribution in [0.15, 0.2) is 18.2 Å². The molecule has 3 aliphatic rings. The minimum absolute atomic E-state index is 0.120. The van der Waals surface area contributed by atoms with Crippen molar-refractivity contribution in [2.24, 2.45) is 0 Å². The Hall–Kier alpha value is -1.59. The molecule has 0 saturated carbocycles. The second-order valence-electron chi connectivity index (χ2n) is 8.92. The topological polar surface area (TPSA) is 36.0 Å². The van der Waals surface area contributed by atoms with Gasteiger partial charge < -0.3 is 14.5 Å². The van der Waals surface area contributed by atoms with Crippen molar-refractivity contribution in [3.05, 3.63) is 29.3 Å². The van der Waals surface area contributed by atoms with Crippen molar-refractivity contribution in [1.29, 1.82) is 0 Å². The number of fused-ring (bicyclic) bond motifs is 1. The Morgan fingerprint density at radius 2 is 1.81 bits per heavy atom. The molecule has 1 aromatic rings. The zero-order valence-electron chi connectivity index (χ0n) is 16.8. The fraction of sp³-hybridized carbons (Fsp3) is 0.682. The van der Waals surface area contributed by atoms with Crippen molar-refractivity contribution in [3.63, 3.8) is 0 Å². The Morgan fingerprint density at radius 1 is 1.07 bits per heavy atom. The standard InChI is InChI=1S/C22H33N3O2/c1-22(2)7-10-23(17-26)16-18-15-20(3-4-21(18)22)24-8-5-19(6-9-24)25-11-13-27-14-12-25/h3-4,15,17,19H,5-14,16H2,1-2H3. The summed E-state index contributed by atoms with van der Waals surface area (Å²) in [6.07, 6.45) is 4.47. The van der Waals surface area contributed by atoms with Crippen LogP contribution < -0.4 is 4.90 Å². The van der Waals surface area contributed by atoms with Gasteiger partial charge in [-0.3, -0.25) is 9.69 Å². The highest BCUT2D eigenvalue weighted by Gasteiger charge is 2.30. The summed E-state index contributed by atoms with van der Waals surface area (Å²) in [6.45, 7) is 12.3. The summed E-state index contributed by atoms with van der Waals surface area (Å²) >= 11 is 0. The highest BCUT2D eigenvalue weighted by molar-refractivity contribution is 5.55. The quantitative estimate of drug-likeness (QED) is 0.766. The van der Waals surface area contributed by atoms with Gasteiger partial charge in [-0.25, -0.2) is 0 Å². The Balaban J connectivity index is 1.47. The van der Waals surface area contributed by atoms with Crippen LogP contribution in [0.1, 0.15) is 44.2 Å². The van der Waals surface area contributed by atoms with E-state index in [0.29, 0.717) is 6.04 Å². The van der Waals surface area contributed by atoms with Gasteiger partial charge >= 0.3 is 0 Å². The Bertz CT molecular complexity index is 662. The molecule has 0 spiro atoms. The molecule has 0 N–H and O–H groups in total. The van der Waals surface area contributed by atoms with E-state index >= 15 is 0 Å². The monoisotopic (exact) mass is 371 g/mol. The highest BCUT2D eigenvalue weighted by atomic mass is 16.5. The fourth-order valence-corrected chi connectivity index (χ4v) is 4.95. The number of benzene rings is 1. The second-order valence-corrected chi connectivity index (χ2v) is 8.92. The first-order valence-corrected chi connectivity index (χ1v) is 10.5. The number of piperidine rings is 1. The zero-order valence-corrected chi connectivity index (χ0v) is 16.8. The maximum Gasteiger partial charge on any atom is 0.210 e. The van der Waals surface area contributed by atoms with Gasteiger partial charge in [-0.15, -0.1) is 0 Å². The molecule has 0 aromatic heterocycles. The molecule has 3 heterocycles. The first-order valence-electron chi connectivity index (χ1n) is 10.5. The van der Waals surface area contributed by atoms with E-state index < -0.39 is 0 Å². The number of rotatable bonds is 3. The number of hydrogen-bond acceptors (Lipinski definition) is 4. The smallest absolute Gasteiger partial charge is 0.210 e. The average Bonchev–Trinajstić information content (AvgIpc) is 2.84. The predicted octanol–water partition coefficient (Wildman–Crippen LogP) is 2.63. The second kappa shape index (κ2) is 7.80. The molecule has 3 aliphatic heterocycles. The van der Waals surface area contributed by atoms with Crippen molar-refractivity contribution >= 4 is 12.1 Å². The number of amides is 1. The third-order valence-corrected chi connectivity index (χ3v) is 6.76. The average molecular weight is 372 g/mol. The minimum Gasteiger partial charge on any atom is -0.379 e. The molecule has 0 bridgehead atoms. The molecule has 0 atom stereocenters. The van der Waals surface area contributed by atoms with E-state index in [4.69, 9.17) is 4.74 Å². The molecule has 2 fully saturated rings. The van der Waals surface area contributed by atoms with Crippen LogP contribution in [0, 0.1) is 0 Å². The third-order valence-electron chi connectivity index (χ3n) is 6.76. The van der Waals surface area contributed by atoms with Crippen LogP contribution in [0.2, 0.25) is 0 Å². The zero-order chi connectivity index (χ0) is 18.9. The summed E-state index contributed by atoms with van der Waals surface area (Å²) in [5, 5.41) is 0. The van der Waals surface area contributed by atoms with Crippen LogP contribution in [-0.2, 0) is 21.5 Å². The van der Waals surface area contributed by atoms with E-state index in [1.54, 1.807) is 0 Å². The van der Waals surface area contributed by atoms with Gasteiger partial charge in [0, 0.05) is 51.0 Å². The number of ether oxygens (including phenoxy) is 1. The maximum absolute atomic E-state index is 11.4. The molecule has 5 nitrogen and oxygen atoms in total. The molecule has 2 saturated heterocycles. The molecule has 0 aliphatic carbocycles. The first-order chi connectivity index (χ1) is 13.1. The van der Waals surface area contributed by atoms with E-state index in [1.807, 2.05) is 4.90 Å². The molecule has 0 radical (unpaired) electrons. The van der Waals surface area contributed by atoms with E-state index in [2.05, 4.69) is 41.8 Å². The summed E-state index contributed by atoms with van der Waals surface area (Å²) in [4.78, 5) is 18.5. The van der Waals surface area contributed by atoms with Gasteiger partial charge in [-0.2, -0.15) is 0 Å². The van der Waals surface area contributed by atoms with Gasteiger partial charge in [-0.1, -0.05) is 19.9 Å². The number of morpholine rings is 1. The summed E-state index contributed by atoms with van der Waals surface area (Å²) in [6, 6.07) is 7.66. The summed E-state index contributed by atoms with van der Waals surface area (Å²) in [5.41, 5.74) is 4.16. The normalized spacial score (nSPS) is 24.4. The van der Waals surface area contributed by atoms with Crippen LogP contribution in [0.4, 0.5) is 5.69 Å². The fourth-order valence-electron chi connectivity index (χ4n) is 4.95. The van der Waals surface area contributed by atoms with E-state index in [0.717, 1.165) is 65.3 Å². The first kappa shape index (κ1) is 18.8. The third kappa shape index (κ3) is 3.99. The van der Waals surface area contributed by atoms with Crippen LogP contribution in [0.25, 0.3) is 0 Å². The maximum atomic E-state index is 11.4. The van der Waals surface area contributed by atoms with Crippen molar-refractivity contribution < 1.29 is 9.53 Å². The molecule has 1 aromatic carbocycles. The number of carbonyl (C=O) groups is 1. The molecule has 1 amide bonds. The molecule has 148 valence electrons. The van der Waals surface area contributed by atoms with Crippen molar-refractivity contribution in [2.75, 3.05) is 50.8 Å². The van der Waals surface area contributed by atoms with Gasteiger partial charge in [0.25, 0.3) is 0 Å². The van der Waals surface area contributed by atoms with Crippen LogP contribution in [-0.4, -0.2) is 68.2 Å². The molecule has 0 unspecified atom stereocenters. The number of anilines is 1. The lowest BCUT2D eigenvalue weighted by Gasteiger charge is -2.41. The number of carbonyl (C=O) groups excluding carboxylic acids is 1. The Morgan fingerprint density at radius 3 is 2.52 bits per heavy atom. The highest BCUT2D eigenvalue weighted by Crippen LogP contribution is 2.36. The molecule has 5 heteroatoms. The SMILES string of the molecule is CC1(C)CCN(C=O)Cc2cc(N3CCC(N4CCOCC4)CC3)ccc21. The van der Waals surface area contributed by atoms with Crippen LogP contribution in [0.3, 0.4) is 0 Å². The Labute approximate surface area is 163 Å².